The summed E-state index contributed by atoms with van der Waals surface area (Å²) in [5, 5.41) is 4.19. The number of carbonyl (C=O) groups excluding carboxylic acids is 1. The SMILES string of the molecule is CCOC[C]C(=O)C1=CC=CC1.F[B-](F)(F)F.F[B-](F)(F)F.F[B-](F)(F)F.[Fe+3].c1ccc(P(c2ccccc2)c2ccccc2)cc1. The number of halogens is 12. The Morgan fingerprint density at radius 3 is 1.23 bits per heavy atom. The number of Topliss-reactive ketones (excluding diaryl/α,β-unsaturated/α-hetero) is 1. The van der Waals surface area contributed by atoms with Crippen molar-refractivity contribution >= 4 is 51.4 Å². The van der Waals surface area contributed by atoms with Gasteiger partial charge in [-0.25, -0.2) is 0 Å². The third-order valence-electron chi connectivity index (χ3n) is 4.64. The molecule has 2 nitrogen and oxygen atoms in total. The summed E-state index contributed by atoms with van der Waals surface area (Å²) in [7, 11) is -18.4. The summed E-state index contributed by atoms with van der Waals surface area (Å²) in [5.74, 6) is -0.0338. The maximum atomic E-state index is 11.2. The smallest absolute Gasteiger partial charge is 0.418 e. The summed E-state index contributed by atoms with van der Waals surface area (Å²) in [4.78, 5) is 11.2. The molecule has 0 fully saturated rings. The molecule has 0 unspecified atom stereocenters. The Kier molecular flexibility index (Phi) is 23.8. The van der Waals surface area contributed by atoms with E-state index in [1.165, 1.54) is 15.9 Å². The third-order valence-corrected chi connectivity index (χ3v) is 7.09. The molecule has 0 atom stereocenters. The molecular weight excluding hydrogens is 716 g/mol. The normalized spacial score (nSPS) is 11.9. The van der Waals surface area contributed by atoms with Crippen LogP contribution in [0.15, 0.2) is 115 Å². The molecule has 0 N–H and O–H groups in total. The van der Waals surface area contributed by atoms with Gasteiger partial charge in [0, 0.05) is 6.61 Å². The van der Waals surface area contributed by atoms with Crippen LogP contribution in [0.2, 0.25) is 0 Å². The molecule has 47 heavy (non-hydrogen) atoms. The minimum atomic E-state index is -6.00. The van der Waals surface area contributed by atoms with Gasteiger partial charge in [-0.2, -0.15) is 0 Å². The van der Waals surface area contributed by atoms with Crippen LogP contribution in [-0.2, 0) is 26.6 Å². The van der Waals surface area contributed by atoms with Crippen LogP contribution in [0.5, 0.6) is 0 Å². The number of carbonyl (C=O) groups is 1. The molecule has 1 aliphatic carbocycles. The number of benzene rings is 3. The Morgan fingerprint density at radius 1 is 0.660 bits per heavy atom. The van der Waals surface area contributed by atoms with Gasteiger partial charge in [-0.3, -0.25) is 4.79 Å². The van der Waals surface area contributed by atoms with Crippen molar-refractivity contribution in [1.29, 1.82) is 0 Å². The summed E-state index contributed by atoms with van der Waals surface area (Å²) in [6, 6.07) is 32.3. The van der Waals surface area contributed by atoms with E-state index in [0.717, 1.165) is 12.0 Å². The fourth-order valence-electron chi connectivity index (χ4n) is 3.13. The third kappa shape index (κ3) is 30.2. The fraction of sp³-hybridized carbons (Fsp3) is 0.143. The van der Waals surface area contributed by atoms with Gasteiger partial charge in [0.1, 0.15) is 0 Å². The van der Waals surface area contributed by atoms with E-state index < -0.39 is 29.7 Å². The summed E-state index contributed by atoms with van der Waals surface area (Å²) in [5.41, 5.74) is 0.801. The van der Waals surface area contributed by atoms with Crippen molar-refractivity contribution in [3.8, 4) is 0 Å². The summed E-state index contributed by atoms with van der Waals surface area (Å²) < 4.78 is 122. The fourth-order valence-corrected chi connectivity index (χ4v) is 5.43. The molecule has 0 bridgehead atoms. The molecule has 0 saturated heterocycles. The molecule has 3 radical (unpaired) electrons. The zero-order valence-corrected chi connectivity index (χ0v) is 26.4. The van der Waals surface area contributed by atoms with Crippen LogP contribution >= 0.6 is 7.92 Å². The Morgan fingerprint density at radius 2 is 0.979 bits per heavy atom. The molecule has 1 aliphatic rings. The largest absolute Gasteiger partial charge is 3.00 e. The second-order valence-electron chi connectivity index (χ2n) is 8.29. The van der Waals surface area contributed by atoms with Crippen molar-refractivity contribution < 1.29 is 78.4 Å². The molecule has 4 rings (SSSR count). The monoisotopic (exact) mass is 743 g/mol. The van der Waals surface area contributed by atoms with E-state index in [2.05, 4.69) is 97.4 Å². The van der Waals surface area contributed by atoms with Crippen molar-refractivity contribution in [2.24, 2.45) is 0 Å². The molecule has 0 saturated carbocycles. The molecule has 0 aromatic heterocycles. The van der Waals surface area contributed by atoms with E-state index in [1.807, 2.05) is 25.2 Å². The second-order valence-corrected chi connectivity index (χ2v) is 10.5. The van der Waals surface area contributed by atoms with Gasteiger partial charge in [-0.15, -0.1) is 0 Å². The van der Waals surface area contributed by atoms with Crippen LogP contribution in [0.1, 0.15) is 13.3 Å². The van der Waals surface area contributed by atoms with E-state index in [4.69, 9.17) is 4.74 Å². The quantitative estimate of drug-likeness (QED) is 0.0998. The maximum absolute atomic E-state index is 11.2. The second kappa shape index (κ2) is 24.3. The van der Waals surface area contributed by atoms with Crippen molar-refractivity contribution in [2.45, 2.75) is 13.3 Å². The first-order valence-corrected chi connectivity index (χ1v) is 14.4. The number of ether oxygens (including phenoxy) is 1. The summed E-state index contributed by atoms with van der Waals surface area (Å²) in [6.07, 6.45) is 9.05. The van der Waals surface area contributed by atoms with Crippen LogP contribution < -0.4 is 15.9 Å². The van der Waals surface area contributed by atoms with Crippen molar-refractivity contribution in [2.75, 3.05) is 13.2 Å². The van der Waals surface area contributed by atoms with Crippen LogP contribution in [0, 0.1) is 6.42 Å². The first-order valence-electron chi connectivity index (χ1n) is 13.1. The number of rotatable bonds is 8. The van der Waals surface area contributed by atoms with Gasteiger partial charge >= 0.3 is 38.8 Å². The molecule has 3 aromatic rings. The van der Waals surface area contributed by atoms with Crippen molar-refractivity contribution in [1.82, 2.24) is 0 Å². The molecule has 0 spiro atoms. The van der Waals surface area contributed by atoms with Gasteiger partial charge < -0.3 is 56.5 Å². The van der Waals surface area contributed by atoms with Crippen LogP contribution in [0.3, 0.4) is 0 Å². The first-order chi connectivity index (χ1) is 21.3. The van der Waals surface area contributed by atoms with Gasteiger partial charge in [0.25, 0.3) is 0 Å². The Balaban J connectivity index is 0. The van der Waals surface area contributed by atoms with Gasteiger partial charge in [0.15, 0.2) is 5.78 Å². The molecule has 0 heterocycles. The van der Waals surface area contributed by atoms with Gasteiger partial charge in [0.2, 0.25) is 0 Å². The first kappa shape index (κ1) is 46.2. The van der Waals surface area contributed by atoms with Crippen LogP contribution in [-0.4, -0.2) is 40.8 Å². The number of allylic oxidation sites excluding steroid dienone is 4. The molecular formula is C28H27B3F12FeO2P. The predicted molar refractivity (Wildman–Crippen MR) is 162 cm³/mol. The predicted octanol–water partition coefficient (Wildman–Crippen LogP) is 8.90. The molecule has 3 aromatic carbocycles. The summed E-state index contributed by atoms with van der Waals surface area (Å²) >= 11 is 0. The molecule has 0 amide bonds. The maximum Gasteiger partial charge on any atom is 3.00 e. The average Bonchev–Trinajstić information content (AvgIpc) is 3.48. The van der Waals surface area contributed by atoms with Crippen LogP contribution in [0.25, 0.3) is 0 Å². The molecule has 0 aliphatic heterocycles. The van der Waals surface area contributed by atoms with E-state index in [9.17, 15) is 56.6 Å². The zero-order valence-electron chi connectivity index (χ0n) is 24.4. The molecule has 19 heteroatoms. The minimum Gasteiger partial charge on any atom is -0.418 e. The number of ketones is 1. The van der Waals surface area contributed by atoms with E-state index in [0.29, 0.717) is 13.2 Å². The minimum absolute atomic E-state index is 0. The van der Waals surface area contributed by atoms with Gasteiger partial charge in [-0.1, -0.05) is 109 Å². The van der Waals surface area contributed by atoms with Crippen LogP contribution in [0.4, 0.5) is 51.8 Å². The average molecular weight is 743 g/mol. The number of hydrogen-bond donors (Lipinski definition) is 0. The Labute approximate surface area is 277 Å². The number of hydrogen-bond acceptors (Lipinski definition) is 2. The van der Waals surface area contributed by atoms with Crippen molar-refractivity contribution in [3.05, 3.63) is 121 Å². The van der Waals surface area contributed by atoms with Crippen molar-refractivity contribution in [3.63, 3.8) is 0 Å². The van der Waals surface area contributed by atoms with Gasteiger partial charge in [0.05, 0.1) is 13.0 Å². The van der Waals surface area contributed by atoms with E-state index in [1.54, 1.807) is 0 Å². The summed E-state index contributed by atoms with van der Waals surface area (Å²) in [6.45, 7) is 2.81. The van der Waals surface area contributed by atoms with E-state index in [-0.39, 0.29) is 22.9 Å². The standard InChI is InChI=1S/C18H15P.C10H12O2.3BF4.Fe/c1-4-10-16(11-5-1)19(17-12-6-2-7-13-17)18-14-8-3-9-15-18;1-2-12-8-7-10(11)9-5-3-4-6-9;3*2-1(3,4)5;/h1-15H;3-5H,2,6,8H2,1H3;;;;/q;;3*-1;+3. The van der Waals surface area contributed by atoms with Gasteiger partial charge in [-0.05, 0) is 42.8 Å². The zero-order chi connectivity index (χ0) is 35.2. The Bertz CT molecular complexity index is 1160. The Hall–Kier alpha value is -2.93. The molecule has 257 valence electrons. The topological polar surface area (TPSA) is 26.3 Å². The van der Waals surface area contributed by atoms with E-state index >= 15 is 0 Å².